The Morgan fingerprint density at radius 2 is 1.16 bits per heavy atom. The molecule has 0 N–H and O–H groups in total. The molecule has 1 aliphatic rings. The maximum Gasteiger partial charge on any atom is 0.0249 e. The zero-order valence-corrected chi connectivity index (χ0v) is 23.9. The molecule has 0 spiro atoms. The highest BCUT2D eigenvalue weighted by Gasteiger charge is 2.20. The van der Waals surface area contributed by atoms with Crippen LogP contribution in [0.2, 0.25) is 0 Å². The van der Waals surface area contributed by atoms with Crippen LogP contribution in [0.25, 0.3) is 6.08 Å². The summed E-state index contributed by atoms with van der Waals surface area (Å²) in [5, 5.41) is 0. The minimum absolute atomic E-state index is 0.939. The van der Waals surface area contributed by atoms with E-state index in [-0.39, 0.29) is 0 Å². The van der Waals surface area contributed by atoms with Crippen molar-refractivity contribution >= 4 is 6.08 Å². The fourth-order valence-electron chi connectivity index (χ4n) is 5.71. The molecule has 0 heterocycles. The Hall–Kier alpha value is -2.26. The summed E-state index contributed by atoms with van der Waals surface area (Å²) in [6.45, 7) is 4.51. The van der Waals surface area contributed by atoms with Gasteiger partial charge in [0.15, 0.2) is 0 Å². The van der Waals surface area contributed by atoms with Crippen molar-refractivity contribution in [3.63, 3.8) is 0 Å². The molecule has 0 aromatic heterocycles. The van der Waals surface area contributed by atoms with E-state index in [9.17, 15) is 0 Å². The average molecular weight is 497 g/mol. The van der Waals surface area contributed by atoms with Crippen molar-refractivity contribution in [1.82, 2.24) is 0 Å². The molecule has 0 saturated heterocycles. The van der Waals surface area contributed by atoms with Crippen molar-refractivity contribution in [2.75, 3.05) is 0 Å². The van der Waals surface area contributed by atoms with Crippen molar-refractivity contribution < 1.29 is 0 Å². The van der Waals surface area contributed by atoms with E-state index in [2.05, 4.69) is 86.4 Å². The maximum atomic E-state index is 3.34. The highest BCUT2D eigenvalue weighted by atomic mass is 14.3. The fourth-order valence-corrected chi connectivity index (χ4v) is 5.71. The van der Waals surface area contributed by atoms with Gasteiger partial charge in [0.2, 0.25) is 0 Å². The number of hydrogen-bond donors (Lipinski definition) is 0. The molecular weight excluding hydrogens is 444 g/mol. The van der Waals surface area contributed by atoms with Crippen molar-refractivity contribution in [2.24, 2.45) is 11.8 Å². The van der Waals surface area contributed by atoms with Gasteiger partial charge in [0.05, 0.1) is 0 Å². The highest BCUT2D eigenvalue weighted by Crippen LogP contribution is 2.34. The van der Waals surface area contributed by atoms with E-state index in [1.165, 1.54) is 114 Å². The predicted molar refractivity (Wildman–Crippen MR) is 164 cm³/mol. The van der Waals surface area contributed by atoms with E-state index in [0.717, 1.165) is 29.4 Å². The standard InChI is InChI=1S/C37H52/c1-3-5-7-8-9-10-11-13-15-33-18-22-35(23-19-33)25-27-37-30-28-36(29-31-37)26-24-34-20-16-32(17-21-34)14-12-6-4-2/h12,14,16-17,20-21,28-31,33,35H,3-11,13,15,18-19,22-23,25,27H2,1-2H3/b14-12+. The highest BCUT2D eigenvalue weighted by molar-refractivity contribution is 5.52. The molecule has 0 heteroatoms. The Morgan fingerprint density at radius 3 is 1.76 bits per heavy atom. The molecule has 1 saturated carbocycles. The number of allylic oxidation sites excluding steroid dienone is 1. The van der Waals surface area contributed by atoms with Crippen LogP contribution >= 0.6 is 0 Å². The molecule has 2 aromatic rings. The van der Waals surface area contributed by atoms with Crippen LogP contribution in [-0.4, -0.2) is 0 Å². The van der Waals surface area contributed by atoms with Gasteiger partial charge < -0.3 is 0 Å². The second-order valence-corrected chi connectivity index (χ2v) is 11.4. The van der Waals surface area contributed by atoms with Gasteiger partial charge in [0.25, 0.3) is 0 Å². The normalized spacial score (nSPS) is 17.6. The van der Waals surface area contributed by atoms with Crippen LogP contribution < -0.4 is 0 Å². The Labute approximate surface area is 229 Å². The number of aryl methyl sites for hydroxylation is 1. The Kier molecular flexibility index (Phi) is 14.3. The second-order valence-electron chi connectivity index (χ2n) is 11.4. The zero-order chi connectivity index (χ0) is 26.0. The first-order valence-electron chi connectivity index (χ1n) is 15.6. The summed E-state index contributed by atoms with van der Waals surface area (Å²) in [6.07, 6.45) is 28.3. The van der Waals surface area contributed by atoms with E-state index in [4.69, 9.17) is 0 Å². The van der Waals surface area contributed by atoms with Gasteiger partial charge in [-0.2, -0.15) is 0 Å². The minimum Gasteiger partial charge on any atom is -0.0840 e. The lowest BCUT2D eigenvalue weighted by Gasteiger charge is -2.28. The predicted octanol–water partition coefficient (Wildman–Crippen LogP) is 11.2. The molecule has 0 atom stereocenters. The Morgan fingerprint density at radius 1 is 0.622 bits per heavy atom. The number of rotatable bonds is 15. The van der Waals surface area contributed by atoms with E-state index >= 15 is 0 Å². The van der Waals surface area contributed by atoms with Crippen molar-refractivity contribution in [2.45, 2.75) is 123 Å². The zero-order valence-electron chi connectivity index (χ0n) is 23.9. The lowest BCUT2D eigenvalue weighted by Crippen LogP contribution is -2.15. The van der Waals surface area contributed by atoms with Gasteiger partial charge in [0.1, 0.15) is 0 Å². The summed E-state index contributed by atoms with van der Waals surface area (Å²) in [7, 11) is 0. The summed E-state index contributed by atoms with van der Waals surface area (Å²) in [5.41, 5.74) is 4.90. The summed E-state index contributed by atoms with van der Waals surface area (Å²) < 4.78 is 0. The van der Waals surface area contributed by atoms with E-state index < -0.39 is 0 Å². The van der Waals surface area contributed by atoms with Crippen molar-refractivity contribution in [3.8, 4) is 11.8 Å². The summed E-state index contributed by atoms with van der Waals surface area (Å²) >= 11 is 0. The topological polar surface area (TPSA) is 0 Å². The van der Waals surface area contributed by atoms with Gasteiger partial charge in [-0.3, -0.25) is 0 Å². The molecule has 200 valence electrons. The number of benzene rings is 2. The van der Waals surface area contributed by atoms with Crippen molar-refractivity contribution in [1.29, 1.82) is 0 Å². The smallest absolute Gasteiger partial charge is 0.0249 e. The van der Waals surface area contributed by atoms with Crippen LogP contribution in [0.4, 0.5) is 0 Å². The Bertz CT molecular complexity index is 926. The van der Waals surface area contributed by atoms with Crippen LogP contribution in [0.3, 0.4) is 0 Å². The third kappa shape index (κ3) is 12.2. The lowest BCUT2D eigenvalue weighted by atomic mass is 9.77. The minimum atomic E-state index is 0.939. The largest absolute Gasteiger partial charge is 0.0840 e. The molecule has 0 unspecified atom stereocenters. The van der Waals surface area contributed by atoms with Crippen LogP contribution in [0.1, 0.15) is 139 Å². The molecular formula is C37H52. The molecule has 37 heavy (non-hydrogen) atoms. The fraction of sp³-hybridized carbons (Fsp3) is 0.568. The molecule has 2 aromatic carbocycles. The van der Waals surface area contributed by atoms with Crippen LogP contribution in [0.5, 0.6) is 0 Å². The Balaban J connectivity index is 1.30. The summed E-state index contributed by atoms with van der Waals surface area (Å²) in [5.74, 6) is 8.61. The van der Waals surface area contributed by atoms with E-state index in [1.54, 1.807) is 0 Å². The second kappa shape index (κ2) is 18.1. The van der Waals surface area contributed by atoms with Gasteiger partial charge in [-0.25, -0.2) is 0 Å². The molecule has 0 bridgehead atoms. The third-order valence-electron chi connectivity index (χ3n) is 8.25. The van der Waals surface area contributed by atoms with Gasteiger partial charge >= 0.3 is 0 Å². The lowest BCUT2D eigenvalue weighted by molar-refractivity contribution is 0.248. The molecule has 1 fully saturated rings. The summed E-state index contributed by atoms with van der Waals surface area (Å²) in [4.78, 5) is 0. The van der Waals surface area contributed by atoms with Gasteiger partial charge in [0, 0.05) is 11.1 Å². The van der Waals surface area contributed by atoms with Gasteiger partial charge in [-0.05, 0) is 66.5 Å². The molecule has 0 amide bonds. The molecule has 0 aliphatic heterocycles. The van der Waals surface area contributed by atoms with Crippen LogP contribution in [0.15, 0.2) is 54.6 Å². The van der Waals surface area contributed by atoms with Gasteiger partial charge in [-0.15, -0.1) is 0 Å². The average Bonchev–Trinajstić information content (AvgIpc) is 2.94. The van der Waals surface area contributed by atoms with Crippen LogP contribution in [0, 0.1) is 23.7 Å². The first-order valence-corrected chi connectivity index (χ1v) is 15.6. The SMILES string of the molecule is CCC/C=C/c1ccc(C#Cc2ccc(CCC3CCC(CCCCCCCCCC)CC3)cc2)cc1. The maximum absolute atomic E-state index is 3.34. The van der Waals surface area contributed by atoms with Gasteiger partial charge in [-0.1, -0.05) is 152 Å². The van der Waals surface area contributed by atoms with E-state index in [1.807, 2.05) is 0 Å². The number of hydrogen-bond acceptors (Lipinski definition) is 0. The molecule has 1 aliphatic carbocycles. The first kappa shape index (κ1) is 29.3. The third-order valence-corrected chi connectivity index (χ3v) is 8.25. The quantitative estimate of drug-likeness (QED) is 0.170. The monoisotopic (exact) mass is 496 g/mol. The van der Waals surface area contributed by atoms with E-state index in [0.29, 0.717) is 0 Å². The van der Waals surface area contributed by atoms with Crippen molar-refractivity contribution in [3.05, 3.63) is 76.9 Å². The number of unbranched alkanes of at least 4 members (excludes halogenated alkanes) is 8. The molecule has 0 radical (unpaired) electrons. The first-order chi connectivity index (χ1) is 18.3. The van der Waals surface area contributed by atoms with Crippen LogP contribution in [-0.2, 0) is 6.42 Å². The molecule has 0 nitrogen and oxygen atoms in total. The molecule has 3 rings (SSSR count). The summed E-state index contributed by atoms with van der Waals surface area (Å²) in [6, 6.07) is 17.5.